The van der Waals surface area contributed by atoms with Gasteiger partial charge in [0, 0.05) is 24.2 Å². The van der Waals surface area contributed by atoms with E-state index < -0.39 is 35.4 Å². The monoisotopic (exact) mass is 541 g/mol. The maximum atomic E-state index is 12.6. The molecule has 4 amide bonds. The molecular formula is C30H47N5O4. The van der Waals surface area contributed by atoms with Crippen LogP contribution in [0.5, 0.6) is 0 Å². The van der Waals surface area contributed by atoms with Gasteiger partial charge in [0.25, 0.3) is 0 Å². The topological polar surface area (TPSA) is 135 Å². The number of rotatable bonds is 12. The van der Waals surface area contributed by atoms with Gasteiger partial charge in [0.2, 0.25) is 0 Å². The van der Waals surface area contributed by atoms with Crippen LogP contribution in [0.25, 0.3) is 0 Å². The third-order valence-corrected chi connectivity index (χ3v) is 5.84. The summed E-state index contributed by atoms with van der Waals surface area (Å²) in [4.78, 5) is 25.1. The quantitative estimate of drug-likeness (QED) is 0.222. The first-order chi connectivity index (χ1) is 18.2. The van der Waals surface area contributed by atoms with E-state index in [9.17, 15) is 19.8 Å². The molecule has 0 unspecified atom stereocenters. The molecule has 39 heavy (non-hydrogen) atoms. The Hall–Kier alpha value is -3.14. The summed E-state index contributed by atoms with van der Waals surface area (Å²) >= 11 is 0. The second-order valence-electron chi connectivity index (χ2n) is 12.1. The summed E-state index contributed by atoms with van der Waals surface area (Å²) in [7, 11) is 0. The predicted octanol–water partition coefficient (Wildman–Crippen LogP) is 2.72. The van der Waals surface area contributed by atoms with Gasteiger partial charge in [-0.25, -0.2) is 9.59 Å². The van der Waals surface area contributed by atoms with Gasteiger partial charge in [-0.05, 0) is 65.5 Å². The average Bonchev–Trinajstić information content (AvgIpc) is 2.82. The summed E-state index contributed by atoms with van der Waals surface area (Å²) < 4.78 is 0. The number of aliphatic hydroxyl groups is 2. The molecular weight excluding hydrogens is 494 g/mol. The molecule has 0 spiro atoms. The van der Waals surface area contributed by atoms with Gasteiger partial charge >= 0.3 is 12.1 Å². The minimum atomic E-state index is -0.923. The number of amides is 4. The smallest absolute Gasteiger partial charge is 0.315 e. The van der Waals surface area contributed by atoms with Crippen LogP contribution < -0.4 is 26.6 Å². The highest BCUT2D eigenvalue weighted by molar-refractivity contribution is 5.75. The normalized spacial score (nSPS) is 15.0. The molecule has 0 radical (unpaired) electrons. The lowest BCUT2D eigenvalue weighted by molar-refractivity contribution is 0.103. The van der Waals surface area contributed by atoms with Crippen LogP contribution in [0, 0.1) is 0 Å². The van der Waals surface area contributed by atoms with Crippen molar-refractivity contribution < 1.29 is 19.8 Å². The van der Waals surface area contributed by atoms with Gasteiger partial charge in [-0.1, -0.05) is 60.7 Å². The molecule has 2 aromatic carbocycles. The molecule has 0 saturated carbocycles. The van der Waals surface area contributed by atoms with Crippen molar-refractivity contribution in [3.8, 4) is 0 Å². The summed E-state index contributed by atoms with van der Waals surface area (Å²) in [5.74, 6) is 0. The van der Waals surface area contributed by atoms with Crippen molar-refractivity contribution in [2.45, 2.75) is 89.8 Å². The van der Waals surface area contributed by atoms with E-state index in [1.165, 1.54) is 0 Å². The van der Waals surface area contributed by atoms with Crippen LogP contribution in [-0.2, 0) is 12.8 Å². The third-order valence-electron chi connectivity index (χ3n) is 5.84. The van der Waals surface area contributed by atoms with E-state index in [1.54, 1.807) is 0 Å². The summed E-state index contributed by atoms with van der Waals surface area (Å²) in [6, 6.07) is 17.4. The van der Waals surface area contributed by atoms with E-state index in [0.717, 1.165) is 11.1 Å². The molecule has 9 heteroatoms. The maximum Gasteiger partial charge on any atom is 0.315 e. The molecule has 0 heterocycles. The first-order valence-electron chi connectivity index (χ1n) is 13.5. The predicted molar refractivity (Wildman–Crippen MR) is 156 cm³/mol. The molecule has 216 valence electrons. The fraction of sp³-hybridized carbons (Fsp3) is 0.533. The second-order valence-corrected chi connectivity index (χ2v) is 12.1. The molecule has 2 rings (SSSR count). The van der Waals surface area contributed by atoms with Gasteiger partial charge in [0.15, 0.2) is 0 Å². The van der Waals surface area contributed by atoms with E-state index in [1.807, 2.05) is 102 Å². The third kappa shape index (κ3) is 13.5. The zero-order valence-electron chi connectivity index (χ0n) is 24.1. The van der Waals surface area contributed by atoms with Crippen LogP contribution in [0.2, 0.25) is 0 Å². The Bertz CT molecular complexity index is 924. The Labute approximate surface area is 233 Å². The lowest BCUT2D eigenvalue weighted by atomic mass is 10.00. The van der Waals surface area contributed by atoms with Crippen LogP contribution >= 0.6 is 0 Å². The van der Waals surface area contributed by atoms with Crippen LogP contribution in [0.15, 0.2) is 60.7 Å². The zero-order chi connectivity index (χ0) is 29.1. The van der Waals surface area contributed by atoms with Crippen molar-refractivity contribution >= 4 is 12.1 Å². The van der Waals surface area contributed by atoms with E-state index in [4.69, 9.17) is 0 Å². The summed E-state index contributed by atoms with van der Waals surface area (Å²) in [5, 5.41) is 36.7. The molecule has 2 aromatic rings. The largest absolute Gasteiger partial charge is 0.390 e. The van der Waals surface area contributed by atoms with Gasteiger partial charge in [-0.2, -0.15) is 0 Å². The summed E-state index contributed by atoms with van der Waals surface area (Å²) in [6.07, 6.45) is -0.968. The summed E-state index contributed by atoms with van der Waals surface area (Å²) in [5.41, 5.74) is 1.12. The fourth-order valence-electron chi connectivity index (χ4n) is 4.06. The first-order valence-corrected chi connectivity index (χ1v) is 13.5. The lowest BCUT2D eigenvalue weighted by Crippen LogP contribution is -2.56. The molecule has 0 aliphatic carbocycles. The van der Waals surface area contributed by atoms with Crippen LogP contribution in [0.4, 0.5) is 9.59 Å². The molecule has 4 atom stereocenters. The van der Waals surface area contributed by atoms with Gasteiger partial charge < -0.3 is 36.8 Å². The minimum Gasteiger partial charge on any atom is -0.390 e. The van der Waals surface area contributed by atoms with Crippen LogP contribution in [-0.4, -0.2) is 70.7 Å². The highest BCUT2D eigenvalue weighted by Crippen LogP contribution is 2.09. The van der Waals surface area contributed by atoms with Crippen LogP contribution in [0.3, 0.4) is 0 Å². The average molecular weight is 542 g/mol. The van der Waals surface area contributed by atoms with Crippen molar-refractivity contribution in [1.29, 1.82) is 0 Å². The number of carbonyl (C=O) groups is 2. The number of aliphatic hydroxyl groups excluding tert-OH is 2. The molecule has 0 bridgehead atoms. The summed E-state index contributed by atoms with van der Waals surface area (Å²) in [6.45, 7) is 11.6. The fourth-order valence-corrected chi connectivity index (χ4v) is 4.06. The number of benzene rings is 2. The van der Waals surface area contributed by atoms with E-state index in [-0.39, 0.29) is 25.2 Å². The molecule has 9 nitrogen and oxygen atoms in total. The first kappa shape index (κ1) is 32.1. The number of carbonyl (C=O) groups excluding carboxylic acids is 2. The number of hydrogen-bond donors (Lipinski definition) is 7. The highest BCUT2D eigenvalue weighted by Gasteiger charge is 2.26. The number of nitrogens with one attached hydrogen (secondary N) is 5. The molecule has 0 aliphatic rings. The van der Waals surface area contributed by atoms with Crippen molar-refractivity contribution in [3.05, 3.63) is 71.8 Å². The lowest BCUT2D eigenvalue weighted by Gasteiger charge is -2.29. The standard InChI is InChI=1S/C30H47N5O4/c1-29(2,3)34-27(38)32-23(17-21-13-9-7-10-14-21)25(36)19-31-20-26(37)24(18-22-15-11-8-12-16-22)33-28(39)35-30(4,5)6/h7-16,23-26,31,36-37H,17-20H2,1-6H3,(H2,32,34,38)(H2,33,35,39)/t23-,24-,25+,26+/m0/s1. The van der Waals surface area contributed by atoms with Crippen molar-refractivity contribution in [2.24, 2.45) is 0 Å². The molecule has 0 saturated heterocycles. The van der Waals surface area contributed by atoms with Gasteiger partial charge in [0.05, 0.1) is 24.3 Å². The van der Waals surface area contributed by atoms with E-state index in [2.05, 4.69) is 26.6 Å². The molecule has 0 aliphatic heterocycles. The second kappa shape index (κ2) is 14.9. The van der Waals surface area contributed by atoms with Crippen molar-refractivity contribution in [2.75, 3.05) is 13.1 Å². The maximum absolute atomic E-state index is 12.6. The highest BCUT2D eigenvalue weighted by atomic mass is 16.3. The SMILES string of the molecule is CC(C)(C)NC(=O)N[C@@H](Cc1ccccc1)[C@H](O)CNC[C@@H](O)[C@H](Cc1ccccc1)NC(=O)NC(C)(C)C. The Kier molecular flexibility index (Phi) is 12.2. The number of urea groups is 2. The molecule has 0 fully saturated rings. The number of hydrogen-bond acceptors (Lipinski definition) is 5. The Morgan fingerprint density at radius 2 is 0.974 bits per heavy atom. The van der Waals surface area contributed by atoms with E-state index >= 15 is 0 Å². The van der Waals surface area contributed by atoms with Gasteiger partial charge in [-0.3, -0.25) is 0 Å². The zero-order valence-corrected chi connectivity index (χ0v) is 24.1. The van der Waals surface area contributed by atoms with Crippen molar-refractivity contribution in [1.82, 2.24) is 26.6 Å². The van der Waals surface area contributed by atoms with Gasteiger partial charge in [-0.15, -0.1) is 0 Å². The minimum absolute atomic E-state index is 0.136. The molecule has 7 N–H and O–H groups in total. The Balaban J connectivity index is 2.03. The van der Waals surface area contributed by atoms with Crippen LogP contribution in [0.1, 0.15) is 52.7 Å². The van der Waals surface area contributed by atoms with Gasteiger partial charge in [0.1, 0.15) is 0 Å². The Morgan fingerprint density at radius 1 is 0.641 bits per heavy atom. The molecule has 0 aromatic heterocycles. The van der Waals surface area contributed by atoms with Crippen molar-refractivity contribution in [3.63, 3.8) is 0 Å². The van der Waals surface area contributed by atoms with E-state index in [0.29, 0.717) is 12.8 Å². The Morgan fingerprint density at radius 3 is 1.28 bits per heavy atom.